The number of aliphatic hydroxyl groups excluding tert-OH is 1. The molecule has 1 aliphatic heterocycles. The zero-order chi connectivity index (χ0) is 25.6. The quantitative estimate of drug-likeness (QED) is 0.205. The fourth-order valence-corrected chi connectivity index (χ4v) is 5.41. The van der Waals surface area contributed by atoms with Crippen LogP contribution < -0.4 is 9.64 Å². The molecule has 4 aromatic rings. The average Bonchev–Trinajstić information content (AvgIpc) is 3.41. The fraction of sp³-hybridized carbons (Fsp3) is 0.207. The molecule has 182 valence electrons. The lowest BCUT2D eigenvalue weighted by atomic mass is 9.85. The highest BCUT2D eigenvalue weighted by molar-refractivity contribution is 7.22. The van der Waals surface area contributed by atoms with Crippen LogP contribution in [0.15, 0.2) is 78.4 Å². The van der Waals surface area contributed by atoms with Crippen LogP contribution in [-0.2, 0) is 15.0 Å². The predicted molar refractivity (Wildman–Crippen MR) is 143 cm³/mol. The molecular formula is C29H26N2O4S. The van der Waals surface area contributed by atoms with E-state index >= 15 is 0 Å². The third kappa shape index (κ3) is 4.05. The van der Waals surface area contributed by atoms with Gasteiger partial charge in [-0.25, -0.2) is 4.98 Å². The van der Waals surface area contributed by atoms with Crippen LogP contribution in [0.1, 0.15) is 43.5 Å². The molecule has 0 bridgehead atoms. The van der Waals surface area contributed by atoms with Crippen molar-refractivity contribution in [2.45, 2.75) is 32.2 Å². The number of amides is 1. The van der Waals surface area contributed by atoms with Crippen molar-refractivity contribution in [3.8, 4) is 5.75 Å². The Morgan fingerprint density at radius 3 is 2.33 bits per heavy atom. The molecule has 1 atom stereocenters. The number of aliphatic hydroxyl groups is 1. The molecule has 0 unspecified atom stereocenters. The Bertz CT molecular complexity index is 1500. The summed E-state index contributed by atoms with van der Waals surface area (Å²) in [5.74, 6) is -0.983. The molecule has 0 spiro atoms. The molecule has 0 radical (unpaired) electrons. The summed E-state index contributed by atoms with van der Waals surface area (Å²) in [4.78, 5) is 32.9. The van der Waals surface area contributed by atoms with Crippen molar-refractivity contribution in [3.05, 3.63) is 95.1 Å². The van der Waals surface area contributed by atoms with Crippen LogP contribution in [0.3, 0.4) is 0 Å². The van der Waals surface area contributed by atoms with Crippen LogP contribution in [0.2, 0.25) is 0 Å². The molecule has 1 N–H and O–H groups in total. The molecule has 1 aliphatic rings. The van der Waals surface area contributed by atoms with E-state index in [1.54, 1.807) is 37.4 Å². The highest BCUT2D eigenvalue weighted by Gasteiger charge is 2.48. The maximum atomic E-state index is 13.4. The number of rotatable bonds is 4. The normalized spacial score (nSPS) is 17.7. The molecule has 1 saturated heterocycles. The van der Waals surface area contributed by atoms with Gasteiger partial charge in [-0.1, -0.05) is 86.7 Å². The summed E-state index contributed by atoms with van der Waals surface area (Å²) in [6.07, 6.45) is 0. The Kier molecular flexibility index (Phi) is 5.88. The van der Waals surface area contributed by atoms with Gasteiger partial charge in [-0.15, -0.1) is 0 Å². The molecule has 7 heteroatoms. The van der Waals surface area contributed by atoms with Gasteiger partial charge < -0.3 is 9.84 Å². The number of hydrogen-bond acceptors (Lipinski definition) is 6. The molecule has 3 aromatic carbocycles. The number of ether oxygens (including phenoxy) is 1. The van der Waals surface area contributed by atoms with E-state index in [-0.39, 0.29) is 16.7 Å². The Labute approximate surface area is 213 Å². The maximum Gasteiger partial charge on any atom is 0.301 e. The summed E-state index contributed by atoms with van der Waals surface area (Å²) >= 11 is 1.30. The van der Waals surface area contributed by atoms with E-state index in [0.717, 1.165) is 15.8 Å². The first-order chi connectivity index (χ1) is 17.2. The van der Waals surface area contributed by atoms with Gasteiger partial charge in [-0.2, -0.15) is 0 Å². The summed E-state index contributed by atoms with van der Waals surface area (Å²) < 4.78 is 6.16. The molecule has 1 amide bonds. The molecule has 6 nitrogen and oxygen atoms in total. The lowest BCUT2D eigenvalue weighted by Crippen LogP contribution is -2.29. The van der Waals surface area contributed by atoms with E-state index in [1.165, 1.54) is 16.2 Å². The van der Waals surface area contributed by atoms with Crippen molar-refractivity contribution < 1.29 is 19.4 Å². The number of benzene rings is 3. The number of methoxy groups -OCH3 is 1. The highest BCUT2D eigenvalue weighted by Crippen LogP contribution is 2.45. The third-order valence-electron chi connectivity index (χ3n) is 6.37. The Morgan fingerprint density at radius 2 is 1.69 bits per heavy atom. The van der Waals surface area contributed by atoms with Crippen LogP contribution >= 0.6 is 11.3 Å². The van der Waals surface area contributed by atoms with Gasteiger partial charge in [0.2, 0.25) is 0 Å². The number of carbonyl (C=O) groups excluding carboxylic acids is 2. The number of anilines is 1. The molecule has 5 rings (SSSR count). The van der Waals surface area contributed by atoms with E-state index in [2.05, 4.69) is 25.8 Å². The minimum atomic E-state index is -0.818. The van der Waals surface area contributed by atoms with Crippen molar-refractivity contribution >= 4 is 44.1 Å². The first-order valence-electron chi connectivity index (χ1n) is 11.6. The van der Waals surface area contributed by atoms with Gasteiger partial charge in [-0.3, -0.25) is 14.5 Å². The zero-order valence-electron chi connectivity index (χ0n) is 20.5. The SMILES string of the molecule is COc1ccc2nc(N3C(=O)C(=O)/C(=C(/O)c4ccccc4)[C@H]3c3ccc(C(C)(C)C)cc3)sc2c1. The molecule has 0 saturated carbocycles. The topological polar surface area (TPSA) is 79.7 Å². The third-order valence-corrected chi connectivity index (χ3v) is 7.39. The number of ketones is 1. The fourth-order valence-electron chi connectivity index (χ4n) is 4.38. The van der Waals surface area contributed by atoms with Crippen LogP contribution in [0.5, 0.6) is 5.75 Å². The standard InChI is InChI=1S/C29H26N2O4S/c1-29(2,3)19-12-10-17(11-13-19)24-23(25(32)18-8-6-5-7-9-18)26(33)27(34)31(24)28-30-21-15-14-20(35-4)16-22(21)36-28/h5-16,24,32H,1-4H3/b25-23+/t24-/m1/s1. The molecular weight excluding hydrogens is 472 g/mol. The van der Waals surface area contributed by atoms with Gasteiger partial charge >= 0.3 is 5.91 Å². The number of nitrogens with zero attached hydrogens (tertiary/aromatic N) is 2. The molecule has 36 heavy (non-hydrogen) atoms. The number of thiazole rings is 1. The van der Waals surface area contributed by atoms with Gasteiger partial charge in [0.1, 0.15) is 11.5 Å². The smallest absolute Gasteiger partial charge is 0.301 e. The summed E-state index contributed by atoms with van der Waals surface area (Å²) in [7, 11) is 1.59. The van der Waals surface area contributed by atoms with Gasteiger partial charge in [0.15, 0.2) is 5.13 Å². The minimum absolute atomic E-state index is 0.0477. The van der Waals surface area contributed by atoms with Gasteiger partial charge in [0.05, 0.1) is 28.9 Å². The van der Waals surface area contributed by atoms with E-state index in [1.807, 2.05) is 42.5 Å². The number of hydrogen-bond donors (Lipinski definition) is 1. The summed E-state index contributed by atoms with van der Waals surface area (Å²) in [5.41, 5.74) is 3.00. The lowest BCUT2D eigenvalue weighted by Gasteiger charge is -2.24. The van der Waals surface area contributed by atoms with Crippen LogP contribution in [0.25, 0.3) is 16.0 Å². The highest BCUT2D eigenvalue weighted by atomic mass is 32.1. The van der Waals surface area contributed by atoms with E-state index < -0.39 is 17.7 Å². The Hall–Kier alpha value is -3.97. The maximum absolute atomic E-state index is 13.4. The Balaban J connectivity index is 1.70. The van der Waals surface area contributed by atoms with Gasteiger partial charge in [-0.05, 0) is 34.7 Å². The van der Waals surface area contributed by atoms with Crippen molar-refractivity contribution in [2.75, 3.05) is 12.0 Å². The summed E-state index contributed by atoms with van der Waals surface area (Å²) in [5, 5.41) is 11.6. The minimum Gasteiger partial charge on any atom is -0.507 e. The van der Waals surface area contributed by atoms with Crippen molar-refractivity contribution in [1.82, 2.24) is 4.98 Å². The van der Waals surface area contributed by atoms with Crippen LogP contribution in [-0.4, -0.2) is 28.9 Å². The second kappa shape index (κ2) is 8.91. The average molecular weight is 499 g/mol. The number of aromatic nitrogens is 1. The predicted octanol–water partition coefficient (Wildman–Crippen LogP) is 6.23. The monoisotopic (exact) mass is 498 g/mol. The van der Waals surface area contributed by atoms with Crippen molar-refractivity contribution in [1.29, 1.82) is 0 Å². The van der Waals surface area contributed by atoms with E-state index in [9.17, 15) is 14.7 Å². The number of Topliss-reactive ketones (excluding diaryl/α,β-unsaturated/α-hetero) is 1. The Morgan fingerprint density at radius 1 is 1.00 bits per heavy atom. The number of carbonyl (C=O) groups is 2. The molecule has 2 heterocycles. The molecule has 0 aliphatic carbocycles. The zero-order valence-corrected chi connectivity index (χ0v) is 21.3. The molecule has 1 fully saturated rings. The summed E-state index contributed by atoms with van der Waals surface area (Å²) in [6.45, 7) is 6.37. The largest absolute Gasteiger partial charge is 0.507 e. The van der Waals surface area contributed by atoms with Crippen molar-refractivity contribution in [3.63, 3.8) is 0 Å². The molecule has 1 aromatic heterocycles. The number of fused-ring (bicyclic) bond motifs is 1. The first kappa shape index (κ1) is 23.8. The lowest BCUT2D eigenvalue weighted by molar-refractivity contribution is -0.132. The second-order valence-electron chi connectivity index (χ2n) is 9.74. The van der Waals surface area contributed by atoms with Crippen LogP contribution in [0, 0.1) is 0 Å². The first-order valence-corrected chi connectivity index (χ1v) is 12.4. The second-order valence-corrected chi connectivity index (χ2v) is 10.7. The van der Waals surface area contributed by atoms with Crippen molar-refractivity contribution in [2.24, 2.45) is 0 Å². The van der Waals surface area contributed by atoms with E-state index in [0.29, 0.717) is 22.0 Å². The van der Waals surface area contributed by atoms with Gasteiger partial charge in [0, 0.05) is 5.56 Å². The van der Waals surface area contributed by atoms with E-state index in [4.69, 9.17) is 4.74 Å². The summed E-state index contributed by atoms with van der Waals surface area (Å²) in [6, 6.07) is 21.3. The van der Waals surface area contributed by atoms with Gasteiger partial charge in [0.25, 0.3) is 5.78 Å². The van der Waals surface area contributed by atoms with Crippen LogP contribution in [0.4, 0.5) is 5.13 Å².